The molecular weight excluding hydrogens is 146 g/mol. The van der Waals surface area contributed by atoms with Crippen LogP contribution < -0.4 is 5.32 Å². The lowest BCUT2D eigenvalue weighted by atomic mass is 9.88. The highest BCUT2D eigenvalue weighted by Crippen LogP contribution is 2.28. The third-order valence-corrected chi connectivity index (χ3v) is 2.72. The van der Waals surface area contributed by atoms with E-state index in [1.165, 1.54) is 11.1 Å². The van der Waals surface area contributed by atoms with E-state index in [-0.39, 0.29) is 0 Å². The first-order chi connectivity index (χ1) is 5.79. The Labute approximate surface area is 73.8 Å². The molecule has 0 radical (unpaired) electrons. The van der Waals surface area contributed by atoms with Crippen molar-refractivity contribution in [1.29, 1.82) is 0 Å². The van der Waals surface area contributed by atoms with Crippen molar-refractivity contribution in [1.82, 2.24) is 5.32 Å². The lowest BCUT2D eigenvalue weighted by Crippen LogP contribution is -2.30. The molecule has 1 nitrogen and oxygen atoms in total. The second-order valence-corrected chi connectivity index (χ2v) is 3.66. The molecule has 0 saturated carbocycles. The van der Waals surface area contributed by atoms with E-state index < -0.39 is 0 Å². The average Bonchev–Trinajstić information content (AvgIpc) is 2.12. The fourth-order valence-electron chi connectivity index (χ4n) is 1.93. The maximum absolute atomic E-state index is 3.49. The molecule has 0 bridgehead atoms. The van der Waals surface area contributed by atoms with Crippen molar-refractivity contribution in [3.05, 3.63) is 35.4 Å². The molecule has 0 amide bonds. The Morgan fingerprint density at radius 2 is 1.83 bits per heavy atom. The summed E-state index contributed by atoms with van der Waals surface area (Å²) in [5.41, 5.74) is 2.99. The molecular formula is C11H15N. The number of rotatable bonds is 0. The van der Waals surface area contributed by atoms with Gasteiger partial charge >= 0.3 is 0 Å². The molecule has 2 atom stereocenters. The van der Waals surface area contributed by atoms with Crippen LogP contribution >= 0.6 is 0 Å². The third-order valence-electron chi connectivity index (χ3n) is 2.72. The van der Waals surface area contributed by atoms with Crippen molar-refractivity contribution in [3.63, 3.8) is 0 Å². The molecule has 1 heteroatoms. The Morgan fingerprint density at radius 3 is 2.50 bits per heavy atom. The average molecular weight is 161 g/mol. The van der Waals surface area contributed by atoms with E-state index in [4.69, 9.17) is 0 Å². The first-order valence-corrected chi connectivity index (χ1v) is 4.61. The van der Waals surface area contributed by atoms with Gasteiger partial charge in [0.2, 0.25) is 0 Å². The van der Waals surface area contributed by atoms with Crippen LogP contribution in [0.2, 0.25) is 0 Å². The standard InChI is InChI=1S/C11H15N/c1-8-7-12-9(2)11-6-4-3-5-10(8)11/h3-6,8-9,12H,7H2,1-2H3/t8-,9-/m0/s1. The summed E-state index contributed by atoms with van der Waals surface area (Å²) in [6, 6.07) is 9.25. The van der Waals surface area contributed by atoms with Crippen LogP contribution in [-0.4, -0.2) is 6.54 Å². The summed E-state index contributed by atoms with van der Waals surface area (Å²) in [5.74, 6) is 0.664. The Bertz CT molecular complexity index is 251. The van der Waals surface area contributed by atoms with Crippen LogP contribution in [0.15, 0.2) is 24.3 Å². The minimum absolute atomic E-state index is 0.525. The zero-order valence-electron chi connectivity index (χ0n) is 7.67. The van der Waals surface area contributed by atoms with Gasteiger partial charge in [-0.3, -0.25) is 0 Å². The molecule has 1 aromatic carbocycles. The van der Waals surface area contributed by atoms with E-state index in [0.29, 0.717) is 12.0 Å². The Balaban J connectivity index is 2.47. The molecule has 2 rings (SSSR count). The molecule has 1 heterocycles. The van der Waals surface area contributed by atoms with Crippen molar-refractivity contribution in [2.45, 2.75) is 25.8 Å². The van der Waals surface area contributed by atoms with Gasteiger partial charge in [-0.25, -0.2) is 0 Å². The van der Waals surface area contributed by atoms with Gasteiger partial charge in [0.05, 0.1) is 0 Å². The largest absolute Gasteiger partial charge is 0.310 e. The number of hydrogen-bond acceptors (Lipinski definition) is 1. The normalized spacial score (nSPS) is 28.2. The summed E-state index contributed by atoms with van der Waals surface area (Å²) < 4.78 is 0. The topological polar surface area (TPSA) is 12.0 Å². The Hall–Kier alpha value is -0.820. The zero-order valence-corrected chi connectivity index (χ0v) is 7.67. The number of nitrogens with one attached hydrogen (secondary N) is 1. The maximum atomic E-state index is 3.49. The van der Waals surface area contributed by atoms with E-state index in [2.05, 4.69) is 43.4 Å². The van der Waals surface area contributed by atoms with E-state index in [1.54, 1.807) is 0 Å². The van der Waals surface area contributed by atoms with Crippen LogP contribution in [0.5, 0.6) is 0 Å². The summed E-state index contributed by atoms with van der Waals surface area (Å²) in [6.45, 7) is 5.61. The minimum atomic E-state index is 0.525. The highest BCUT2D eigenvalue weighted by molar-refractivity contribution is 5.34. The van der Waals surface area contributed by atoms with Crippen molar-refractivity contribution in [3.8, 4) is 0 Å². The van der Waals surface area contributed by atoms with Gasteiger partial charge in [-0.1, -0.05) is 31.2 Å². The highest BCUT2D eigenvalue weighted by atomic mass is 14.9. The van der Waals surface area contributed by atoms with Crippen molar-refractivity contribution in [2.24, 2.45) is 0 Å². The van der Waals surface area contributed by atoms with E-state index in [1.807, 2.05) is 0 Å². The van der Waals surface area contributed by atoms with Gasteiger partial charge < -0.3 is 5.32 Å². The first-order valence-electron chi connectivity index (χ1n) is 4.61. The van der Waals surface area contributed by atoms with Crippen molar-refractivity contribution < 1.29 is 0 Å². The SMILES string of the molecule is C[C@@H]1NC[C@H](C)c2ccccc21. The van der Waals surface area contributed by atoms with E-state index in [9.17, 15) is 0 Å². The van der Waals surface area contributed by atoms with Crippen LogP contribution in [0.25, 0.3) is 0 Å². The molecule has 64 valence electrons. The Morgan fingerprint density at radius 1 is 1.17 bits per heavy atom. The summed E-state index contributed by atoms with van der Waals surface area (Å²) in [6.07, 6.45) is 0. The lowest BCUT2D eigenvalue weighted by Gasteiger charge is -2.28. The van der Waals surface area contributed by atoms with Crippen LogP contribution in [0, 0.1) is 0 Å². The number of fused-ring (bicyclic) bond motifs is 1. The quantitative estimate of drug-likeness (QED) is 0.616. The molecule has 12 heavy (non-hydrogen) atoms. The number of hydrogen-bond donors (Lipinski definition) is 1. The smallest absolute Gasteiger partial charge is 0.0294 e. The molecule has 0 aromatic heterocycles. The first kappa shape index (κ1) is 7.81. The van der Waals surface area contributed by atoms with Crippen molar-refractivity contribution >= 4 is 0 Å². The van der Waals surface area contributed by atoms with Gasteiger partial charge in [-0.2, -0.15) is 0 Å². The fraction of sp³-hybridized carbons (Fsp3) is 0.455. The minimum Gasteiger partial charge on any atom is -0.310 e. The third kappa shape index (κ3) is 1.14. The van der Waals surface area contributed by atoms with Crippen LogP contribution in [0.1, 0.15) is 36.9 Å². The second-order valence-electron chi connectivity index (χ2n) is 3.66. The molecule has 1 aromatic rings. The van der Waals surface area contributed by atoms with Crippen LogP contribution in [0.4, 0.5) is 0 Å². The molecule has 0 spiro atoms. The van der Waals surface area contributed by atoms with Gasteiger partial charge in [0.25, 0.3) is 0 Å². The maximum Gasteiger partial charge on any atom is 0.0294 e. The molecule has 1 N–H and O–H groups in total. The highest BCUT2D eigenvalue weighted by Gasteiger charge is 2.19. The number of benzene rings is 1. The van der Waals surface area contributed by atoms with Gasteiger partial charge in [-0.15, -0.1) is 0 Å². The van der Waals surface area contributed by atoms with Gasteiger partial charge in [0.1, 0.15) is 0 Å². The van der Waals surface area contributed by atoms with E-state index in [0.717, 1.165) is 6.54 Å². The molecule has 0 fully saturated rings. The lowest BCUT2D eigenvalue weighted by molar-refractivity contribution is 0.495. The van der Waals surface area contributed by atoms with Crippen LogP contribution in [-0.2, 0) is 0 Å². The molecule has 0 saturated heterocycles. The van der Waals surface area contributed by atoms with Crippen LogP contribution in [0.3, 0.4) is 0 Å². The fourth-order valence-corrected chi connectivity index (χ4v) is 1.93. The van der Waals surface area contributed by atoms with Gasteiger partial charge in [-0.05, 0) is 24.0 Å². The zero-order chi connectivity index (χ0) is 8.55. The predicted molar refractivity (Wildman–Crippen MR) is 51.3 cm³/mol. The monoisotopic (exact) mass is 161 g/mol. The molecule has 1 aliphatic rings. The van der Waals surface area contributed by atoms with Gasteiger partial charge in [0.15, 0.2) is 0 Å². The van der Waals surface area contributed by atoms with E-state index >= 15 is 0 Å². The van der Waals surface area contributed by atoms with Gasteiger partial charge in [0, 0.05) is 12.6 Å². The molecule has 0 aliphatic carbocycles. The second kappa shape index (κ2) is 2.91. The predicted octanol–water partition coefficient (Wildman–Crippen LogP) is 2.45. The summed E-state index contributed by atoms with van der Waals surface area (Å²) in [4.78, 5) is 0. The summed E-state index contributed by atoms with van der Waals surface area (Å²) in [7, 11) is 0. The Kier molecular flexibility index (Phi) is 1.89. The molecule has 1 aliphatic heterocycles. The molecule has 0 unspecified atom stereocenters. The summed E-state index contributed by atoms with van der Waals surface area (Å²) >= 11 is 0. The van der Waals surface area contributed by atoms with Crippen molar-refractivity contribution in [2.75, 3.05) is 6.54 Å². The summed E-state index contributed by atoms with van der Waals surface area (Å²) in [5, 5.41) is 3.49.